The van der Waals surface area contributed by atoms with E-state index in [0.717, 1.165) is 0 Å². The Morgan fingerprint density at radius 3 is 2.77 bits per heavy atom. The lowest BCUT2D eigenvalue weighted by atomic mass is 10.1. The Balaban J connectivity index is 1.97. The molecule has 3 rings (SSSR count). The second-order valence-electron chi connectivity index (χ2n) is 5.37. The first-order valence-corrected chi connectivity index (χ1v) is 6.85. The molecule has 0 radical (unpaired) electrons. The second-order valence-corrected chi connectivity index (χ2v) is 5.37. The summed E-state index contributed by atoms with van der Waals surface area (Å²) in [6.45, 7) is 1.29. The molecule has 0 bridgehead atoms. The lowest BCUT2D eigenvalue weighted by Crippen LogP contribution is -2.54. The molecule has 0 aliphatic carbocycles. The number of hydrogen-bond acceptors (Lipinski definition) is 10. The van der Waals surface area contributed by atoms with Crippen LogP contribution in [0.15, 0.2) is 28.2 Å². The van der Waals surface area contributed by atoms with Crippen LogP contribution in [0.5, 0.6) is 0 Å². The number of ether oxygens (including phenoxy) is 1. The molecule has 3 aliphatic rings. The minimum Gasteiger partial charge on any atom is -0.493 e. The zero-order chi connectivity index (χ0) is 16.0. The molecule has 0 saturated carbocycles. The predicted molar refractivity (Wildman–Crippen MR) is 74.9 cm³/mol. The molecule has 0 aromatic rings. The number of hydrogen-bond donors (Lipinski definition) is 7. The molecule has 1 saturated heterocycles. The maximum Gasteiger partial charge on any atom is 0.215 e. The minimum absolute atomic E-state index is 0.0114. The van der Waals surface area contributed by atoms with E-state index in [2.05, 4.69) is 15.6 Å². The molecule has 8 N–H and O–H groups in total. The molecule has 0 aromatic heterocycles. The molecule has 10 nitrogen and oxygen atoms in total. The summed E-state index contributed by atoms with van der Waals surface area (Å²) in [6.07, 6.45) is -2.96. The highest BCUT2D eigenvalue weighted by atomic mass is 16.5. The fourth-order valence-electron chi connectivity index (χ4n) is 2.78. The van der Waals surface area contributed by atoms with Crippen LogP contribution in [0.2, 0.25) is 0 Å². The first-order chi connectivity index (χ1) is 10.4. The van der Waals surface area contributed by atoms with Gasteiger partial charge in [-0.25, -0.2) is 4.99 Å². The van der Waals surface area contributed by atoms with Crippen molar-refractivity contribution < 1.29 is 25.2 Å². The Hall–Kier alpha value is -2.17. The Morgan fingerprint density at radius 2 is 2.14 bits per heavy atom. The van der Waals surface area contributed by atoms with Gasteiger partial charge in [-0.05, 0) is 6.92 Å². The monoisotopic (exact) mass is 313 g/mol. The average molecular weight is 313 g/mol. The SMILES string of the molecule is CC1=C(O)N([C@H]2C[C@H](O)[C@@H](CO)O2)C2N=C(N)NC(O)=C2N1. The van der Waals surface area contributed by atoms with Gasteiger partial charge in [0.1, 0.15) is 18.0 Å². The molecular formula is C12H19N5O5. The molecule has 22 heavy (non-hydrogen) atoms. The van der Waals surface area contributed by atoms with Gasteiger partial charge in [-0.3, -0.25) is 10.2 Å². The normalized spacial score (nSPS) is 35.0. The number of nitrogens with one attached hydrogen (secondary N) is 2. The Bertz CT molecular complexity index is 574. The lowest BCUT2D eigenvalue weighted by molar-refractivity contribution is -0.0920. The smallest absolute Gasteiger partial charge is 0.215 e. The summed E-state index contributed by atoms with van der Waals surface area (Å²) in [5, 5.41) is 44.7. The van der Waals surface area contributed by atoms with E-state index < -0.39 is 24.6 Å². The minimum atomic E-state index is -0.859. The van der Waals surface area contributed by atoms with Crippen LogP contribution in [0.1, 0.15) is 13.3 Å². The van der Waals surface area contributed by atoms with Crippen molar-refractivity contribution in [2.24, 2.45) is 10.7 Å². The predicted octanol–water partition coefficient (Wildman–Crippen LogP) is -1.92. The highest BCUT2D eigenvalue weighted by Crippen LogP contribution is 2.33. The fourth-order valence-corrected chi connectivity index (χ4v) is 2.78. The van der Waals surface area contributed by atoms with Gasteiger partial charge in [-0.15, -0.1) is 0 Å². The number of aliphatic hydroxyl groups excluding tert-OH is 4. The summed E-state index contributed by atoms with van der Waals surface area (Å²) in [5.74, 6) is -0.343. The Kier molecular flexibility index (Phi) is 3.51. The number of rotatable bonds is 2. The molecule has 4 atom stereocenters. The maximum atomic E-state index is 10.3. The van der Waals surface area contributed by atoms with Crippen molar-refractivity contribution >= 4 is 5.96 Å². The lowest BCUT2D eigenvalue weighted by Gasteiger charge is -2.41. The number of aliphatic imine (C=N–C) groups is 1. The van der Waals surface area contributed by atoms with Gasteiger partial charge in [-0.2, -0.15) is 0 Å². The molecule has 122 valence electrons. The molecule has 0 aromatic carbocycles. The van der Waals surface area contributed by atoms with Gasteiger partial charge < -0.3 is 36.2 Å². The van der Waals surface area contributed by atoms with E-state index in [9.17, 15) is 20.4 Å². The Labute approximate surface area is 126 Å². The number of allylic oxidation sites excluding steroid dienone is 1. The van der Waals surface area contributed by atoms with Crippen molar-refractivity contribution in [3.05, 3.63) is 23.2 Å². The van der Waals surface area contributed by atoms with E-state index >= 15 is 0 Å². The molecule has 10 heteroatoms. The largest absolute Gasteiger partial charge is 0.493 e. The van der Waals surface area contributed by atoms with Gasteiger partial charge in [0.25, 0.3) is 0 Å². The fraction of sp³-hybridized carbons (Fsp3) is 0.583. The summed E-state index contributed by atoms with van der Waals surface area (Å²) in [5.41, 5.74) is 6.32. The van der Waals surface area contributed by atoms with E-state index in [1.165, 1.54) is 4.90 Å². The van der Waals surface area contributed by atoms with Crippen molar-refractivity contribution in [2.45, 2.75) is 37.9 Å². The van der Waals surface area contributed by atoms with Crippen LogP contribution in [0.25, 0.3) is 0 Å². The highest BCUT2D eigenvalue weighted by Gasteiger charge is 2.45. The zero-order valence-corrected chi connectivity index (χ0v) is 11.9. The van der Waals surface area contributed by atoms with Gasteiger partial charge in [0.15, 0.2) is 12.1 Å². The van der Waals surface area contributed by atoms with E-state index in [1.54, 1.807) is 6.92 Å². The summed E-state index contributed by atoms with van der Waals surface area (Å²) >= 11 is 0. The first-order valence-electron chi connectivity index (χ1n) is 6.85. The summed E-state index contributed by atoms with van der Waals surface area (Å²) in [6, 6.07) is 0. The maximum absolute atomic E-state index is 10.3. The molecule has 0 spiro atoms. The third kappa shape index (κ3) is 2.21. The highest BCUT2D eigenvalue weighted by molar-refractivity contribution is 5.81. The van der Waals surface area contributed by atoms with E-state index in [-0.39, 0.29) is 30.8 Å². The number of guanidine groups is 1. The van der Waals surface area contributed by atoms with Crippen LogP contribution in [0, 0.1) is 0 Å². The molecule has 0 amide bonds. The van der Waals surface area contributed by atoms with Crippen molar-refractivity contribution in [3.63, 3.8) is 0 Å². The van der Waals surface area contributed by atoms with Gasteiger partial charge in [0.2, 0.25) is 11.8 Å². The van der Waals surface area contributed by atoms with Crippen molar-refractivity contribution in [1.29, 1.82) is 0 Å². The first kappa shape index (κ1) is 14.8. The van der Waals surface area contributed by atoms with Crippen molar-refractivity contribution in [3.8, 4) is 0 Å². The number of nitrogens with zero attached hydrogens (tertiary/aromatic N) is 2. The van der Waals surface area contributed by atoms with Crippen molar-refractivity contribution in [2.75, 3.05) is 6.61 Å². The van der Waals surface area contributed by atoms with E-state index in [1.807, 2.05) is 0 Å². The number of fused-ring (bicyclic) bond motifs is 1. The van der Waals surface area contributed by atoms with Gasteiger partial charge in [0.05, 0.1) is 18.4 Å². The third-order valence-electron chi connectivity index (χ3n) is 3.88. The second kappa shape index (κ2) is 5.23. The van der Waals surface area contributed by atoms with Crippen LogP contribution >= 0.6 is 0 Å². The molecular weight excluding hydrogens is 294 g/mol. The van der Waals surface area contributed by atoms with Crippen LogP contribution in [0.4, 0.5) is 0 Å². The Morgan fingerprint density at radius 1 is 1.41 bits per heavy atom. The topological polar surface area (TPSA) is 156 Å². The van der Waals surface area contributed by atoms with Gasteiger partial charge >= 0.3 is 0 Å². The quantitative estimate of drug-likeness (QED) is 0.309. The van der Waals surface area contributed by atoms with Crippen LogP contribution < -0.4 is 16.4 Å². The number of aliphatic hydroxyl groups is 4. The van der Waals surface area contributed by atoms with E-state index in [0.29, 0.717) is 11.4 Å². The molecule has 3 heterocycles. The van der Waals surface area contributed by atoms with Gasteiger partial charge in [-0.1, -0.05) is 0 Å². The summed E-state index contributed by atoms with van der Waals surface area (Å²) in [4.78, 5) is 5.56. The number of nitrogens with two attached hydrogens (primary N) is 1. The average Bonchev–Trinajstić information content (AvgIpc) is 2.82. The van der Waals surface area contributed by atoms with Crippen LogP contribution in [-0.2, 0) is 4.74 Å². The molecule has 1 unspecified atom stereocenters. The standard InChI is InChI=1S/C12H19N5O5/c1-4-11(21)17(7-2-5(19)6(3-18)22-7)9-8(14-4)10(20)16-12(13)15-9/h5-7,9,14,18-21H,2-3H2,1H3,(H3,13,15,16)/t5-,6+,7+,9?/m0/s1. The molecule has 1 fully saturated rings. The van der Waals surface area contributed by atoms with Gasteiger partial charge in [0, 0.05) is 6.42 Å². The van der Waals surface area contributed by atoms with E-state index in [4.69, 9.17) is 10.5 Å². The third-order valence-corrected chi connectivity index (χ3v) is 3.88. The van der Waals surface area contributed by atoms with Crippen LogP contribution in [0.3, 0.4) is 0 Å². The molecule has 3 aliphatic heterocycles. The van der Waals surface area contributed by atoms with Crippen molar-refractivity contribution in [1.82, 2.24) is 15.5 Å². The zero-order valence-electron chi connectivity index (χ0n) is 11.9. The van der Waals surface area contributed by atoms with Crippen LogP contribution in [-0.4, -0.2) is 62.5 Å². The summed E-state index contributed by atoms with van der Waals surface area (Å²) < 4.78 is 5.57. The summed E-state index contributed by atoms with van der Waals surface area (Å²) in [7, 11) is 0.